The SMILES string of the molecule is CC(C)(C)CC(CN)C(=O)N1CCCC[C@H]1C(=O)O. The van der Waals surface area contributed by atoms with Crippen LogP contribution < -0.4 is 5.73 Å². The monoisotopic (exact) mass is 270 g/mol. The highest BCUT2D eigenvalue weighted by atomic mass is 16.4. The van der Waals surface area contributed by atoms with Crippen molar-refractivity contribution in [3.63, 3.8) is 0 Å². The summed E-state index contributed by atoms with van der Waals surface area (Å²) in [6.45, 7) is 7.00. The van der Waals surface area contributed by atoms with E-state index in [-0.39, 0.29) is 23.8 Å². The number of hydrogen-bond donors (Lipinski definition) is 2. The molecule has 2 atom stereocenters. The van der Waals surface area contributed by atoms with Crippen LogP contribution in [0.5, 0.6) is 0 Å². The molecule has 0 spiro atoms. The van der Waals surface area contributed by atoms with Crippen molar-refractivity contribution < 1.29 is 14.7 Å². The Labute approximate surface area is 115 Å². The van der Waals surface area contributed by atoms with Crippen molar-refractivity contribution in [3.05, 3.63) is 0 Å². The predicted octanol–water partition coefficient (Wildman–Crippen LogP) is 1.46. The molecule has 0 aliphatic carbocycles. The molecule has 0 aromatic rings. The molecule has 1 amide bonds. The summed E-state index contributed by atoms with van der Waals surface area (Å²) in [5.74, 6) is -1.27. The fraction of sp³-hybridized carbons (Fsp3) is 0.857. The maximum absolute atomic E-state index is 12.5. The van der Waals surface area contributed by atoms with Crippen LogP contribution in [0.4, 0.5) is 0 Å². The Hall–Kier alpha value is -1.10. The molecule has 0 saturated carbocycles. The van der Waals surface area contributed by atoms with Gasteiger partial charge in [0.25, 0.3) is 0 Å². The van der Waals surface area contributed by atoms with Gasteiger partial charge in [0.2, 0.25) is 5.91 Å². The molecule has 0 aromatic heterocycles. The first-order chi connectivity index (χ1) is 8.76. The average Bonchev–Trinajstić information content (AvgIpc) is 2.34. The molecule has 1 aliphatic heterocycles. The lowest BCUT2D eigenvalue weighted by Gasteiger charge is -2.36. The quantitative estimate of drug-likeness (QED) is 0.810. The van der Waals surface area contributed by atoms with Crippen LogP contribution in [0.15, 0.2) is 0 Å². The molecule has 1 saturated heterocycles. The first-order valence-corrected chi connectivity index (χ1v) is 6.99. The Morgan fingerprint density at radius 3 is 2.47 bits per heavy atom. The number of carbonyl (C=O) groups excluding carboxylic acids is 1. The third kappa shape index (κ3) is 4.49. The number of nitrogens with zero attached hydrogens (tertiary/aromatic N) is 1. The van der Waals surface area contributed by atoms with Gasteiger partial charge < -0.3 is 15.7 Å². The van der Waals surface area contributed by atoms with E-state index in [9.17, 15) is 14.7 Å². The van der Waals surface area contributed by atoms with Crippen molar-refractivity contribution in [2.45, 2.75) is 52.5 Å². The topological polar surface area (TPSA) is 83.6 Å². The fourth-order valence-corrected chi connectivity index (χ4v) is 2.70. The molecule has 19 heavy (non-hydrogen) atoms. The van der Waals surface area contributed by atoms with Gasteiger partial charge in [-0.2, -0.15) is 0 Å². The number of carboxylic acid groups (broad SMARTS) is 1. The van der Waals surface area contributed by atoms with Gasteiger partial charge in [-0.15, -0.1) is 0 Å². The molecule has 5 heteroatoms. The average molecular weight is 270 g/mol. The number of aliphatic carboxylic acids is 1. The van der Waals surface area contributed by atoms with Gasteiger partial charge in [0, 0.05) is 13.1 Å². The second kappa shape index (κ2) is 6.37. The minimum Gasteiger partial charge on any atom is -0.480 e. The van der Waals surface area contributed by atoms with Gasteiger partial charge in [0.15, 0.2) is 0 Å². The second-order valence-electron chi connectivity index (χ2n) is 6.58. The van der Waals surface area contributed by atoms with Crippen molar-refractivity contribution in [2.24, 2.45) is 17.1 Å². The smallest absolute Gasteiger partial charge is 0.326 e. The van der Waals surface area contributed by atoms with Crippen molar-refractivity contribution in [3.8, 4) is 0 Å². The summed E-state index contributed by atoms with van der Waals surface area (Å²) in [6, 6.07) is -0.671. The minimum absolute atomic E-state index is 0.00814. The summed E-state index contributed by atoms with van der Waals surface area (Å²) >= 11 is 0. The first kappa shape index (κ1) is 16.0. The third-order valence-electron chi connectivity index (χ3n) is 3.56. The van der Waals surface area contributed by atoms with Crippen molar-refractivity contribution in [1.29, 1.82) is 0 Å². The lowest BCUT2D eigenvalue weighted by atomic mass is 9.83. The Bertz CT molecular complexity index is 336. The number of piperidine rings is 1. The fourth-order valence-electron chi connectivity index (χ4n) is 2.70. The van der Waals surface area contributed by atoms with E-state index in [1.807, 2.05) is 0 Å². The normalized spacial score (nSPS) is 22.1. The summed E-state index contributed by atoms with van der Waals surface area (Å²) in [7, 11) is 0. The summed E-state index contributed by atoms with van der Waals surface area (Å²) in [4.78, 5) is 25.3. The van der Waals surface area contributed by atoms with Gasteiger partial charge in [0.05, 0.1) is 5.92 Å². The molecule has 5 nitrogen and oxygen atoms in total. The molecule has 1 fully saturated rings. The van der Waals surface area contributed by atoms with Gasteiger partial charge in [-0.1, -0.05) is 20.8 Å². The van der Waals surface area contributed by atoms with Gasteiger partial charge in [-0.25, -0.2) is 4.79 Å². The van der Waals surface area contributed by atoms with Crippen LogP contribution in [-0.2, 0) is 9.59 Å². The molecule has 1 rings (SSSR count). The maximum atomic E-state index is 12.5. The van der Waals surface area contributed by atoms with Crippen LogP contribution >= 0.6 is 0 Å². The number of likely N-dealkylation sites (tertiary alicyclic amines) is 1. The van der Waals surface area contributed by atoms with E-state index >= 15 is 0 Å². The number of amides is 1. The highest BCUT2D eigenvalue weighted by Gasteiger charge is 2.36. The molecule has 1 heterocycles. The molecule has 1 aliphatic rings. The largest absolute Gasteiger partial charge is 0.480 e. The molecule has 0 bridgehead atoms. The Morgan fingerprint density at radius 2 is 2.00 bits per heavy atom. The zero-order valence-corrected chi connectivity index (χ0v) is 12.2. The number of carboxylic acids is 1. The summed E-state index contributed by atoms with van der Waals surface area (Å²) in [5.41, 5.74) is 5.72. The zero-order valence-electron chi connectivity index (χ0n) is 12.2. The van der Waals surface area contributed by atoms with E-state index in [1.54, 1.807) is 0 Å². The van der Waals surface area contributed by atoms with E-state index in [1.165, 1.54) is 4.90 Å². The molecule has 3 N–H and O–H groups in total. The third-order valence-corrected chi connectivity index (χ3v) is 3.56. The van der Waals surface area contributed by atoms with E-state index < -0.39 is 12.0 Å². The second-order valence-corrected chi connectivity index (χ2v) is 6.58. The van der Waals surface area contributed by atoms with Crippen LogP contribution in [0.1, 0.15) is 46.5 Å². The lowest BCUT2D eigenvalue weighted by Crippen LogP contribution is -2.51. The van der Waals surface area contributed by atoms with Crippen LogP contribution in [0.2, 0.25) is 0 Å². The Morgan fingerprint density at radius 1 is 1.37 bits per heavy atom. The van der Waals surface area contributed by atoms with Crippen LogP contribution in [0.3, 0.4) is 0 Å². The molecule has 1 unspecified atom stereocenters. The van der Waals surface area contributed by atoms with Crippen molar-refractivity contribution >= 4 is 11.9 Å². The lowest BCUT2D eigenvalue weighted by molar-refractivity contribution is -0.154. The Kier molecular flexibility index (Phi) is 5.35. The highest BCUT2D eigenvalue weighted by molar-refractivity contribution is 5.85. The van der Waals surface area contributed by atoms with Gasteiger partial charge in [-0.05, 0) is 31.1 Å². The maximum Gasteiger partial charge on any atom is 0.326 e. The molecule has 0 aromatic carbocycles. The summed E-state index contributed by atoms with van der Waals surface area (Å²) < 4.78 is 0. The number of rotatable bonds is 4. The van der Waals surface area contributed by atoms with Crippen LogP contribution in [0, 0.1) is 11.3 Å². The Balaban J connectivity index is 2.79. The van der Waals surface area contributed by atoms with Crippen molar-refractivity contribution in [1.82, 2.24) is 4.90 Å². The van der Waals surface area contributed by atoms with Gasteiger partial charge in [0.1, 0.15) is 6.04 Å². The number of hydrogen-bond acceptors (Lipinski definition) is 3. The van der Waals surface area contributed by atoms with Crippen LogP contribution in [-0.4, -0.2) is 41.0 Å². The molecule has 110 valence electrons. The van der Waals surface area contributed by atoms with Crippen molar-refractivity contribution in [2.75, 3.05) is 13.1 Å². The van der Waals surface area contributed by atoms with Crippen LogP contribution in [0.25, 0.3) is 0 Å². The standard InChI is InChI=1S/C14H26N2O3/c1-14(2,3)8-10(9-15)12(17)16-7-5-4-6-11(16)13(18)19/h10-11H,4-9,15H2,1-3H3,(H,18,19)/t10?,11-/m0/s1. The van der Waals surface area contributed by atoms with Gasteiger partial charge in [-0.3, -0.25) is 4.79 Å². The summed E-state index contributed by atoms with van der Waals surface area (Å²) in [5, 5.41) is 9.22. The molecular weight excluding hydrogens is 244 g/mol. The molecule has 0 radical (unpaired) electrons. The number of carbonyl (C=O) groups is 2. The first-order valence-electron chi connectivity index (χ1n) is 6.99. The van der Waals surface area contributed by atoms with E-state index in [2.05, 4.69) is 20.8 Å². The zero-order chi connectivity index (χ0) is 14.6. The summed E-state index contributed by atoms with van der Waals surface area (Å²) in [6.07, 6.45) is 2.98. The number of nitrogens with two attached hydrogens (primary N) is 1. The van der Waals surface area contributed by atoms with Gasteiger partial charge >= 0.3 is 5.97 Å². The predicted molar refractivity (Wildman–Crippen MR) is 73.6 cm³/mol. The van der Waals surface area contributed by atoms with E-state index in [0.29, 0.717) is 19.4 Å². The molecular formula is C14H26N2O3. The van der Waals surface area contributed by atoms with E-state index in [4.69, 9.17) is 5.73 Å². The highest BCUT2D eigenvalue weighted by Crippen LogP contribution is 2.27. The van der Waals surface area contributed by atoms with E-state index in [0.717, 1.165) is 12.8 Å². The minimum atomic E-state index is -0.903.